The third-order valence-corrected chi connectivity index (χ3v) is 3.40. The molecule has 1 atom stereocenters. The Kier molecular flexibility index (Phi) is 4.00. The average Bonchev–Trinajstić information content (AvgIpc) is 2.30. The van der Waals surface area contributed by atoms with Gasteiger partial charge in [-0.3, -0.25) is 0 Å². The number of anilines is 1. The maximum atomic E-state index is 13.3. The van der Waals surface area contributed by atoms with E-state index >= 15 is 0 Å². The van der Waals surface area contributed by atoms with Crippen LogP contribution >= 0.6 is 0 Å². The number of hydrogen-bond acceptors (Lipinski definition) is 2. The highest BCUT2D eigenvalue weighted by Crippen LogP contribution is 2.23. The van der Waals surface area contributed by atoms with Crippen LogP contribution in [-0.4, -0.2) is 26.7 Å². The fourth-order valence-corrected chi connectivity index (χ4v) is 2.52. The molecule has 0 spiro atoms. The zero-order valence-corrected chi connectivity index (χ0v) is 10.7. The van der Waals surface area contributed by atoms with Gasteiger partial charge in [-0.25, -0.2) is 4.39 Å². The van der Waals surface area contributed by atoms with Gasteiger partial charge in [0.25, 0.3) is 0 Å². The van der Waals surface area contributed by atoms with Gasteiger partial charge in [0.05, 0.1) is 0 Å². The molecule has 94 valence electrons. The van der Waals surface area contributed by atoms with Crippen molar-refractivity contribution in [1.29, 1.82) is 0 Å². The minimum atomic E-state index is -0.138. The molecule has 0 bridgehead atoms. The number of hydrogen-bond donors (Lipinski definition) is 1. The third-order valence-electron chi connectivity index (χ3n) is 3.40. The topological polar surface area (TPSA) is 15.3 Å². The second kappa shape index (κ2) is 5.50. The molecule has 2 rings (SSSR count). The Hall–Kier alpha value is -1.09. The van der Waals surface area contributed by atoms with E-state index in [1.165, 1.54) is 25.3 Å². The summed E-state index contributed by atoms with van der Waals surface area (Å²) >= 11 is 0. The van der Waals surface area contributed by atoms with E-state index in [1.807, 2.05) is 20.2 Å². The van der Waals surface area contributed by atoms with Crippen molar-refractivity contribution in [2.24, 2.45) is 0 Å². The predicted octanol–water partition coefficient (Wildman–Crippen LogP) is 2.58. The van der Waals surface area contributed by atoms with Crippen LogP contribution in [0.3, 0.4) is 0 Å². The zero-order valence-electron chi connectivity index (χ0n) is 10.7. The molecule has 3 heteroatoms. The number of rotatable bonds is 3. The van der Waals surface area contributed by atoms with Crippen LogP contribution in [0.15, 0.2) is 18.2 Å². The van der Waals surface area contributed by atoms with E-state index < -0.39 is 0 Å². The first kappa shape index (κ1) is 12.4. The van der Waals surface area contributed by atoms with Gasteiger partial charge >= 0.3 is 0 Å². The first-order valence-electron chi connectivity index (χ1n) is 6.36. The highest BCUT2D eigenvalue weighted by molar-refractivity contribution is 5.53. The smallest absolute Gasteiger partial charge is 0.123 e. The molecule has 2 nitrogen and oxygen atoms in total. The molecule has 0 amide bonds. The molecule has 1 saturated heterocycles. The van der Waals surface area contributed by atoms with Crippen LogP contribution in [0.1, 0.15) is 24.8 Å². The second-order valence-electron chi connectivity index (χ2n) is 5.02. The Morgan fingerprint density at radius 2 is 2.18 bits per heavy atom. The largest absolute Gasteiger partial charge is 0.377 e. The van der Waals surface area contributed by atoms with Crippen molar-refractivity contribution >= 4 is 5.69 Å². The van der Waals surface area contributed by atoms with Crippen LogP contribution in [0, 0.1) is 5.82 Å². The van der Waals surface area contributed by atoms with Gasteiger partial charge < -0.3 is 10.2 Å². The molecular weight excluding hydrogens is 215 g/mol. The molecule has 1 aromatic carbocycles. The third kappa shape index (κ3) is 3.19. The summed E-state index contributed by atoms with van der Waals surface area (Å²) < 4.78 is 13.3. The Bertz CT molecular complexity index is 370. The van der Waals surface area contributed by atoms with Crippen molar-refractivity contribution in [1.82, 2.24) is 5.32 Å². The Labute approximate surface area is 103 Å². The zero-order chi connectivity index (χ0) is 12.3. The van der Waals surface area contributed by atoms with Gasteiger partial charge in [0, 0.05) is 25.8 Å². The first-order chi connectivity index (χ1) is 8.16. The van der Waals surface area contributed by atoms with Crippen molar-refractivity contribution in [2.75, 3.05) is 25.5 Å². The molecule has 1 aliphatic rings. The minimum absolute atomic E-state index is 0.138. The van der Waals surface area contributed by atoms with Crippen LogP contribution in [0.2, 0.25) is 0 Å². The van der Waals surface area contributed by atoms with E-state index in [2.05, 4.69) is 10.2 Å². The van der Waals surface area contributed by atoms with Gasteiger partial charge in [0.1, 0.15) is 5.82 Å². The normalized spacial score (nSPS) is 20.3. The standard InChI is InChI=1S/C14H21FN2/c1-17(2)14-7-6-12(15)9-11(14)10-13-5-3-4-8-16-13/h6-7,9,13,16H,3-5,8,10H2,1-2H3. The van der Waals surface area contributed by atoms with Crippen LogP contribution in [0.25, 0.3) is 0 Å². The lowest BCUT2D eigenvalue weighted by Gasteiger charge is -2.26. The summed E-state index contributed by atoms with van der Waals surface area (Å²) in [7, 11) is 4.01. The summed E-state index contributed by atoms with van der Waals surface area (Å²) in [5.74, 6) is -0.138. The number of nitrogens with zero attached hydrogens (tertiary/aromatic N) is 1. The molecule has 17 heavy (non-hydrogen) atoms. The number of piperidine rings is 1. The van der Waals surface area contributed by atoms with Gasteiger partial charge in [0.2, 0.25) is 0 Å². The molecule has 0 radical (unpaired) electrons. The van der Waals surface area contributed by atoms with E-state index in [9.17, 15) is 4.39 Å². The quantitative estimate of drug-likeness (QED) is 0.867. The van der Waals surface area contributed by atoms with E-state index in [0.29, 0.717) is 6.04 Å². The average molecular weight is 236 g/mol. The number of nitrogens with one attached hydrogen (secondary N) is 1. The van der Waals surface area contributed by atoms with Crippen molar-refractivity contribution in [3.05, 3.63) is 29.6 Å². The summed E-state index contributed by atoms with van der Waals surface area (Å²) in [5, 5.41) is 3.51. The van der Waals surface area contributed by atoms with Crippen LogP contribution in [0.4, 0.5) is 10.1 Å². The summed E-state index contributed by atoms with van der Waals surface area (Å²) in [6, 6.07) is 5.58. The molecule has 1 unspecified atom stereocenters. The Morgan fingerprint density at radius 3 is 2.82 bits per heavy atom. The Balaban J connectivity index is 2.14. The molecule has 1 aromatic rings. The van der Waals surface area contributed by atoms with Crippen LogP contribution in [-0.2, 0) is 6.42 Å². The highest BCUT2D eigenvalue weighted by Gasteiger charge is 2.15. The van der Waals surface area contributed by atoms with Crippen LogP contribution in [0.5, 0.6) is 0 Å². The molecule has 0 saturated carbocycles. The van der Waals surface area contributed by atoms with E-state index in [-0.39, 0.29) is 5.82 Å². The molecular formula is C14H21FN2. The number of benzene rings is 1. The summed E-state index contributed by atoms with van der Waals surface area (Å²) in [4.78, 5) is 2.05. The van der Waals surface area contributed by atoms with Crippen molar-refractivity contribution in [3.8, 4) is 0 Å². The SMILES string of the molecule is CN(C)c1ccc(F)cc1CC1CCCCN1. The van der Waals surface area contributed by atoms with Gasteiger partial charge in [-0.05, 0) is 49.6 Å². The summed E-state index contributed by atoms with van der Waals surface area (Å²) in [5.41, 5.74) is 2.23. The molecule has 0 aliphatic carbocycles. The van der Waals surface area contributed by atoms with E-state index in [4.69, 9.17) is 0 Å². The summed E-state index contributed by atoms with van der Waals surface area (Å²) in [6.07, 6.45) is 4.67. The lowest BCUT2D eigenvalue weighted by atomic mass is 9.96. The molecule has 1 aliphatic heterocycles. The lowest BCUT2D eigenvalue weighted by molar-refractivity contribution is 0.399. The molecule has 1 N–H and O–H groups in total. The van der Waals surface area contributed by atoms with Gasteiger partial charge in [-0.15, -0.1) is 0 Å². The second-order valence-corrected chi connectivity index (χ2v) is 5.02. The van der Waals surface area contributed by atoms with E-state index in [1.54, 1.807) is 6.07 Å². The van der Waals surface area contributed by atoms with Gasteiger partial charge in [-0.2, -0.15) is 0 Å². The first-order valence-corrected chi connectivity index (χ1v) is 6.36. The van der Waals surface area contributed by atoms with Crippen molar-refractivity contribution in [3.63, 3.8) is 0 Å². The highest BCUT2D eigenvalue weighted by atomic mass is 19.1. The Morgan fingerprint density at radius 1 is 1.35 bits per heavy atom. The van der Waals surface area contributed by atoms with Crippen LogP contribution < -0.4 is 10.2 Å². The van der Waals surface area contributed by atoms with Gasteiger partial charge in [-0.1, -0.05) is 6.42 Å². The van der Waals surface area contributed by atoms with E-state index in [0.717, 1.165) is 24.2 Å². The molecule has 1 fully saturated rings. The predicted molar refractivity (Wildman–Crippen MR) is 70.1 cm³/mol. The lowest BCUT2D eigenvalue weighted by Crippen LogP contribution is -2.35. The maximum Gasteiger partial charge on any atom is 0.123 e. The number of halogens is 1. The minimum Gasteiger partial charge on any atom is -0.377 e. The monoisotopic (exact) mass is 236 g/mol. The molecule has 1 heterocycles. The van der Waals surface area contributed by atoms with Crippen molar-refractivity contribution < 1.29 is 4.39 Å². The van der Waals surface area contributed by atoms with Gasteiger partial charge in [0.15, 0.2) is 0 Å². The fourth-order valence-electron chi connectivity index (χ4n) is 2.52. The fraction of sp³-hybridized carbons (Fsp3) is 0.571. The summed E-state index contributed by atoms with van der Waals surface area (Å²) in [6.45, 7) is 1.09. The maximum absolute atomic E-state index is 13.3. The molecule has 0 aromatic heterocycles. The van der Waals surface area contributed by atoms with Crippen molar-refractivity contribution in [2.45, 2.75) is 31.7 Å².